The zero-order valence-corrected chi connectivity index (χ0v) is 9.04. The predicted molar refractivity (Wildman–Crippen MR) is 56.2 cm³/mol. The van der Waals surface area contributed by atoms with E-state index in [2.05, 4.69) is 0 Å². The Kier molecular flexibility index (Phi) is 4.21. The minimum Gasteiger partial charge on any atom is -0.375 e. The van der Waals surface area contributed by atoms with Crippen molar-refractivity contribution in [2.24, 2.45) is 0 Å². The Morgan fingerprint density at radius 2 is 1.87 bits per heavy atom. The fraction of sp³-hybridized carbons (Fsp3) is 0.500. The highest BCUT2D eigenvalue weighted by Crippen LogP contribution is 2.27. The van der Waals surface area contributed by atoms with Gasteiger partial charge in [0.2, 0.25) is 0 Å². The molecule has 0 aliphatic heterocycles. The second-order valence-electron chi connectivity index (χ2n) is 3.56. The number of ether oxygens (including phenoxy) is 1. The van der Waals surface area contributed by atoms with Gasteiger partial charge in [0.1, 0.15) is 6.10 Å². The molecule has 3 heteroatoms. The highest BCUT2D eigenvalue weighted by atomic mass is 19.3. The first-order valence-corrected chi connectivity index (χ1v) is 5.04. The first-order valence-electron chi connectivity index (χ1n) is 5.04. The van der Waals surface area contributed by atoms with Crippen LogP contribution >= 0.6 is 0 Å². The number of hydrogen-bond donors (Lipinski definition) is 0. The van der Waals surface area contributed by atoms with Gasteiger partial charge in [0, 0.05) is 13.5 Å². The zero-order chi connectivity index (χ0) is 11.3. The highest BCUT2D eigenvalue weighted by Gasteiger charge is 2.38. The number of halogens is 2. The van der Waals surface area contributed by atoms with Crippen LogP contribution in [0.25, 0.3) is 0 Å². The molecule has 0 fully saturated rings. The van der Waals surface area contributed by atoms with Gasteiger partial charge in [-0.15, -0.1) is 0 Å². The van der Waals surface area contributed by atoms with Crippen molar-refractivity contribution >= 4 is 0 Å². The molecule has 0 amide bonds. The molecule has 0 aliphatic rings. The topological polar surface area (TPSA) is 9.23 Å². The quantitative estimate of drug-likeness (QED) is 0.730. The SMILES string of the molecule is CCC(OC)C(F)(F)Cc1ccccc1. The minimum atomic E-state index is -2.80. The van der Waals surface area contributed by atoms with Crippen molar-refractivity contribution < 1.29 is 13.5 Å². The van der Waals surface area contributed by atoms with Crippen molar-refractivity contribution in [3.8, 4) is 0 Å². The molecule has 0 aromatic heterocycles. The molecule has 0 N–H and O–H groups in total. The molecule has 1 rings (SSSR count). The monoisotopic (exact) mass is 214 g/mol. The van der Waals surface area contributed by atoms with Crippen LogP contribution in [-0.2, 0) is 11.2 Å². The summed E-state index contributed by atoms with van der Waals surface area (Å²) in [6, 6.07) is 8.75. The molecule has 0 spiro atoms. The van der Waals surface area contributed by atoms with E-state index in [1.165, 1.54) is 7.11 Å². The van der Waals surface area contributed by atoms with Crippen molar-refractivity contribution in [2.75, 3.05) is 7.11 Å². The molecule has 1 nitrogen and oxygen atoms in total. The standard InChI is InChI=1S/C12H16F2O/c1-3-11(15-2)12(13,14)9-10-7-5-4-6-8-10/h4-8,11H,3,9H2,1-2H3. The maximum absolute atomic E-state index is 13.6. The van der Waals surface area contributed by atoms with Gasteiger partial charge >= 0.3 is 0 Å². The molecular weight excluding hydrogens is 198 g/mol. The van der Waals surface area contributed by atoms with Gasteiger partial charge in [-0.05, 0) is 12.0 Å². The number of alkyl halides is 2. The van der Waals surface area contributed by atoms with Gasteiger partial charge in [0.25, 0.3) is 5.92 Å². The summed E-state index contributed by atoms with van der Waals surface area (Å²) in [5.41, 5.74) is 0.637. The third-order valence-corrected chi connectivity index (χ3v) is 2.41. The number of benzene rings is 1. The molecule has 0 radical (unpaired) electrons. The van der Waals surface area contributed by atoms with E-state index in [0.29, 0.717) is 12.0 Å². The lowest BCUT2D eigenvalue weighted by atomic mass is 10.0. The van der Waals surface area contributed by atoms with Crippen LogP contribution in [0, 0.1) is 0 Å². The Labute approximate surface area is 89.1 Å². The van der Waals surface area contributed by atoms with Gasteiger partial charge in [-0.3, -0.25) is 0 Å². The summed E-state index contributed by atoms with van der Waals surface area (Å²) in [6.07, 6.45) is -0.950. The van der Waals surface area contributed by atoms with Crippen molar-refractivity contribution in [3.05, 3.63) is 35.9 Å². The van der Waals surface area contributed by atoms with Crippen molar-refractivity contribution in [2.45, 2.75) is 31.8 Å². The summed E-state index contributed by atoms with van der Waals surface area (Å²) in [7, 11) is 1.33. The first-order chi connectivity index (χ1) is 7.10. The Hall–Kier alpha value is -0.960. The molecule has 1 unspecified atom stereocenters. The maximum atomic E-state index is 13.6. The fourth-order valence-electron chi connectivity index (χ4n) is 1.62. The third-order valence-electron chi connectivity index (χ3n) is 2.41. The van der Waals surface area contributed by atoms with Gasteiger partial charge < -0.3 is 4.74 Å². The lowest BCUT2D eigenvalue weighted by Crippen LogP contribution is -2.36. The zero-order valence-electron chi connectivity index (χ0n) is 9.04. The van der Waals surface area contributed by atoms with Crippen molar-refractivity contribution in [3.63, 3.8) is 0 Å². The van der Waals surface area contributed by atoms with Crippen LogP contribution in [0.1, 0.15) is 18.9 Å². The van der Waals surface area contributed by atoms with E-state index in [0.717, 1.165) is 0 Å². The summed E-state index contributed by atoms with van der Waals surface area (Å²) >= 11 is 0. The summed E-state index contributed by atoms with van der Waals surface area (Å²) in [6.45, 7) is 1.70. The van der Waals surface area contributed by atoms with E-state index < -0.39 is 12.0 Å². The third kappa shape index (κ3) is 3.27. The molecule has 1 atom stereocenters. The average Bonchev–Trinajstić information content (AvgIpc) is 2.19. The Balaban J connectivity index is 2.71. The lowest BCUT2D eigenvalue weighted by molar-refractivity contribution is -0.124. The normalized spacial score (nSPS) is 13.9. The summed E-state index contributed by atoms with van der Waals surface area (Å²) in [5, 5.41) is 0. The molecule has 15 heavy (non-hydrogen) atoms. The second-order valence-corrected chi connectivity index (χ2v) is 3.56. The van der Waals surface area contributed by atoms with Crippen LogP contribution in [0.15, 0.2) is 30.3 Å². The number of methoxy groups -OCH3 is 1. The highest BCUT2D eigenvalue weighted by molar-refractivity contribution is 5.16. The van der Waals surface area contributed by atoms with Crippen LogP contribution < -0.4 is 0 Å². The van der Waals surface area contributed by atoms with Crippen molar-refractivity contribution in [1.82, 2.24) is 0 Å². The van der Waals surface area contributed by atoms with Crippen LogP contribution in [0.4, 0.5) is 8.78 Å². The number of rotatable bonds is 5. The fourth-order valence-corrected chi connectivity index (χ4v) is 1.62. The molecule has 1 aromatic rings. The summed E-state index contributed by atoms with van der Waals surface area (Å²) in [5.74, 6) is -2.80. The molecular formula is C12H16F2O. The smallest absolute Gasteiger partial charge is 0.277 e. The predicted octanol–water partition coefficient (Wildman–Crippen LogP) is 3.29. The largest absolute Gasteiger partial charge is 0.375 e. The number of hydrogen-bond acceptors (Lipinski definition) is 1. The van der Waals surface area contributed by atoms with E-state index in [4.69, 9.17) is 4.74 Å². The van der Waals surface area contributed by atoms with E-state index in [1.54, 1.807) is 31.2 Å². The molecule has 84 valence electrons. The van der Waals surface area contributed by atoms with Gasteiger partial charge in [0.15, 0.2) is 0 Å². The van der Waals surface area contributed by atoms with Crippen LogP contribution in [-0.4, -0.2) is 19.1 Å². The Morgan fingerprint density at radius 3 is 2.33 bits per heavy atom. The van der Waals surface area contributed by atoms with Gasteiger partial charge in [-0.2, -0.15) is 0 Å². The van der Waals surface area contributed by atoms with Crippen LogP contribution in [0.5, 0.6) is 0 Å². The van der Waals surface area contributed by atoms with Crippen molar-refractivity contribution in [1.29, 1.82) is 0 Å². The second kappa shape index (κ2) is 5.21. The van der Waals surface area contributed by atoms with E-state index >= 15 is 0 Å². The van der Waals surface area contributed by atoms with Gasteiger partial charge in [-0.25, -0.2) is 8.78 Å². The van der Waals surface area contributed by atoms with E-state index in [-0.39, 0.29) is 6.42 Å². The molecule has 0 saturated heterocycles. The van der Waals surface area contributed by atoms with Crippen LogP contribution in [0.2, 0.25) is 0 Å². The first kappa shape index (κ1) is 12.1. The van der Waals surface area contributed by atoms with E-state index in [1.807, 2.05) is 6.07 Å². The van der Waals surface area contributed by atoms with Gasteiger partial charge in [0.05, 0.1) is 0 Å². The Morgan fingerprint density at radius 1 is 1.27 bits per heavy atom. The summed E-state index contributed by atoms with van der Waals surface area (Å²) in [4.78, 5) is 0. The van der Waals surface area contributed by atoms with E-state index in [9.17, 15) is 8.78 Å². The average molecular weight is 214 g/mol. The maximum Gasteiger partial charge on any atom is 0.277 e. The minimum absolute atomic E-state index is 0.264. The molecule has 0 bridgehead atoms. The molecule has 1 aromatic carbocycles. The van der Waals surface area contributed by atoms with Gasteiger partial charge in [-0.1, -0.05) is 37.3 Å². The Bertz CT molecular complexity index is 281. The summed E-state index contributed by atoms with van der Waals surface area (Å²) < 4.78 is 32.1. The molecule has 0 saturated carbocycles. The lowest BCUT2D eigenvalue weighted by Gasteiger charge is -2.24. The molecule has 0 heterocycles. The van der Waals surface area contributed by atoms with Crippen LogP contribution in [0.3, 0.4) is 0 Å². The molecule has 0 aliphatic carbocycles.